The van der Waals surface area contributed by atoms with E-state index in [-0.39, 0.29) is 12.4 Å². The third-order valence-corrected chi connectivity index (χ3v) is 4.52. The van der Waals surface area contributed by atoms with Crippen molar-refractivity contribution in [2.45, 2.75) is 20.4 Å². The van der Waals surface area contributed by atoms with E-state index in [2.05, 4.69) is 53.6 Å². The number of likely N-dealkylation sites (N-methyl/N-ethyl adjacent to an activating group) is 1. The third kappa shape index (κ3) is 4.14. The molecule has 3 aromatic rings. The van der Waals surface area contributed by atoms with E-state index in [1.165, 1.54) is 5.52 Å². The summed E-state index contributed by atoms with van der Waals surface area (Å²) in [5, 5.41) is 0. The minimum Gasteiger partial charge on any atom is -0.497 e. The maximum absolute atomic E-state index is 5.38. The summed E-state index contributed by atoms with van der Waals surface area (Å²) in [5.74, 6) is 1.86. The van der Waals surface area contributed by atoms with Gasteiger partial charge in [-0.1, -0.05) is 38.1 Å². The summed E-state index contributed by atoms with van der Waals surface area (Å²) in [6.45, 7) is 8.49. The molecule has 0 bridgehead atoms. The summed E-state index contributed by atoms with van der Waals surface area (Å²) in [6, 6.07) is 16.5. The average molecular weight is 360 g/mol. The molecule has 0 fully saturated rings. The molecule has 25 heavy (non-hydrogen) atoms. The zero-order valence-electron chi connectivity index (χ0n) is 15.1. The predicted molar refractivity (Wildman–Crippen MR) is 107 cm³/mol. The van der Waals surface area contributed by atoms with Crippen molar-refractivity contribution in [1.29, 1.82) is 0 Å². The van der Waals surface area contributed by atoms with E-state index in [1.807, 2.05) is 18.2 Å². The van der Waals surface area contributed by atoms with Crippen LogP contribution >= 0.6 is 12.4 Å². The summed E-state index contributed by atoms with van der Waals surface area (Å²) < 4.78 is 7.70. The van der Waals surface area contributed by atoms with E-state index in [4.69, 9.17) is 9.72 Å². The van der Waals surface area contributed by atoms with E-state index in [1.54, 1.807) is 7.11 Å². The van der Waals surface area contributed by atoms with Crippen LogP contribution in [0.2, 0.25) is 0 Å². The van der Waals surface area contributed by atoms with Crippen molar-refractivity contribution >= 4 is 23.4 Å². The first kappa shape index (κ1) is 19.3. The minimum absolute atomic E-state index is 0. The lowest BCUT2D eigenvalue weighted by molar-refractivity contribution is 0.292. The maximum atomic E-state index is 5.38. The van der Waals surface area contributed by atoms with Gasteiger partial charge in [-0.3, -0.25) is 0 Å². The van der Waals surface area contributed by atoms with Gasteiger partial charge in [0.1, 0.15) is 11.6 Å². The van der Waals surface area contributed by atoms with Crippen molar-refractivity contribution < 1.29 is 4.74 Å². The predicted octanol–water partition coefficient (Wildman–Crippen LogP) is 4.48. The van der Waals surface area contributed by atoms with Gasteiger partial charge in [-0.2, -0.15) is 0 Å². The molecule has 1 aromatic heterocycles. The highest BCUT2D eigenvalue weighted by Gasteiger charge is 2.13. The molecule has 0 amide bonds. The smallest absolute Gasteiger partial charge is 0.141 e. The Morgan fingerprint density at radius 1 is 1.04 bits per heavy atom. The van der Waals surface area contributed by atoms with Gasteiger partial charge in [0.25, 0.3) is 0 Å². The Hall–Kier alpha value is -2.04. The van der Waals surface area contributed by atoms with Crippen LogP contribution in [0.15, 0.2) is 48.5 Å². The first-order valence-corrected chi connectivity index (χ1v) is 8.58. The average Bonchev–Trinajstić information content (AvgIpc) is 3.01. The Balaban J connectivity index is 0.00000225. The standard InChI is InChI=1S/C20H25N3O.ClH/c1-4-22(5-2)13-14-23-19-12-7-6-11-18(19)21-20(23)16-9-8-10-17(15-16)24-3;/h6-12,15H,4-5,13-14H2,1-3H3;1H. The highest BCUT2D eigenvalue weighted by Crippen LogP contribution is 2.27. The van der Waals surface area contributed by atoms with Gasteiger partial charge in [-0.15, -0.1) is 12.4 Å². The van der Waals surface area contributed by atoms with Crippen LogP contribution < -0.4 is 4.74 Å². The van der Waals surface area contributed by atoms with Gasteiger partial charge in [-0.05, 0) is 37.4 Å². The molecule has 134 valence electrons. The fraction of sp³-hybridized carbons (Fsp3) is 0.350. The molecule has 0 saturated carbocycles. The second-order valence-electron chi connectivity index (χ2n) is 5.83. The lowest BCUT2D eigenvalue weighted by atomic mass is 10.2. The van der Waals surface area contributed by atoms with Gasteiger partial charge in [0.2, 0.25) is 0 Å². The van der Waals surface area contributed by atoms with Crippen molar-refractivity contribution in [1.82, 2.24) is 14.5 Å². The number of rotatable bonds is 7. The van der Waals surface area contributed by atoms with Crippen molar-refractivity contribution in [3.63, 3.8) is 0 Å². The highest BCUT2D eigenvalue weighted by molar-refractivity contribution is 5.85. The SMILES string of the molecule is CCN(CC)CCn1c(-c2cccc(OC)c2)nc2ccccc21.Cl. The Bertz CT molecular complexity index is 812. The second kappa shape index (κ2) is 8.88. The number of ether oxygens (including phenoxy) is 1. The molecule has 0 radical (unpaired) electrons. The van der Waals surface area contributed by atoms with Crippen molar-refractivity contribution in [3.05, 3.63) is 48.5 Å². The lowest BCUT2D eigenvalue weighted by Gasteiger charge is -2.19. The van der Waals surface area contributed by atoms with Gasteiger partial charge >= 0.3 is 0 Å². The van der Waals surface area contributed by atoms with E-state index in [9.17, 15) is 0 Å². The van der Waals surface area contributed by atoms with Crippen molar-refractivity contribution in [2.24, 2.45) is 0 Å². The van der Waals surface area contributed by atoms with Gasteiger partial charge in [0.05, 0.1) is 18.1 Å². The first-order chi connectivity index (χ1) is 11.8. The Labute approximate surface area is 155 Å². The number of benzene rings is 2. The van der Waals surface area contributed by atoms with Gasteiger partial charge < -0.3 is 14.2 Å². The molecule has 1 heterocycles. The lowest BCUT2D eigenvalue weighted by Crippen LogP contribution is -2.27. The number of methoxy groups -OCH3 is 1. The summed E-state index contributed by atoms with van der Waals surface area (Å²) in [6.07, 6.45) is 0. The van der Waals surface area contributed by atoms with Crippen LogP contribution in [0.4, 0.5) is 0 Å². The topological polar surface area (TPSA) is 30.3 Å². The first-order valence-electron chi connectivity index (χ1n) is 8.58. The number of hydrogen-bond donors (Lipinski definition) is 0. The Kier molecular flexibility index (Phi) is 6.85. The van der Waals surface area contributed by atoms with Gasteiger partial charge in [-0.25, -0.2) is 4.98 Å². The molecule has 0 atom stereocenters. The van der Waals surface area contributed by atoms with Crippen LogP contribution in [0.1, 0.15) is 13.8 Å². The van der Waals surface area contributed by atoms with E-state index in [0.717, 1.165) is 48.8 Å². The summed E-state index contributed by atoms with van der Waals surface area (Å²) in [7, 11) is 1.70. The minimum atomic E-state index is 0. The fourth-order valence-electron chi connectivity index (χ4n) is 3.07. The van der Waals surface area contributed by atoms with Crippen LogP contribution in [0.5, 0.6) is 5.75 Å². The molecule has 0 aliphatic rings. The van der Waals surface area contributed by atoms with Crippen LogP contribution in [0.25, 0.3) is 22.4 Å². The molecule has 0 saturated heterocycles. The summed E-state index contributed by atoms with van der Waals surface area (Å²) in [4.78, 5) is 7.31. The van der Waals surface area contributed by atoms with E-state index in [0.29, 0.717) is 0 Å². The fourth-order valence-corrected chi connectivity index (χ4v) is 3.07. The molecule has 5 heteroatoms. The monoisotopic (exact) mass is 359 g/mol. The van der Waals surface area contributed by atoms with Crippen LogP contribution in [-0.4, -0.2) is 41.2 Å². The Morgan fingerprint density at radius 2 is 1.80 bits per heavy atom. The number of para-hydroxylation sites is 2. The molecule has 0 spiro atoms. The zero-order chi connectivity index (χ0) is 16.9. The third-order valence-electron chi connectivity index (χ3n) is 4.52. The van der Waals surface area contributed by atoms with Crippen LogP contribution in [-0.2, 0) is 6.54 Å². The molecule has 4 nitrogen and oxygen atoms in total. The molecular weight excluding hydrogens is 334 g/mol. The molecule has 0 unspecified atom stereocenters. The molecule has 3 rings (SSSR count). The number of imidazole rings is 1. The van der Waals surface area contributed by atoms with Gasteiger partial charge in [0.15, 0.2) is 0 Å². The second-order valence-corrected chi connectivity index (χ2v) is 5.83. The molecular formula is C20H26ClN3O. The van der Waals surface area contributed by atoms with E-state index >= 15 is 0 Å². The van der Waals surface area contributed by atoms with E-state index < -0.39 is 0 Å². The number of nitrogens with zero attached hydrogens (tertiary/aromatic N) is 3. The summed E-state index contributed by atoms with van der Waals surface area (Å²) >= 11 is 0. The van der Waals surface area contributed by atoms with Crippen LogP contribution in [0.3, 0.4) is 0 Å². The normalized spacial score (nSPS) is 10.9. The number of fused-ring (bicyclic) bond motifs is 1. The van der Waals surface area contributed by atoms with Crippen molar-refractivity contribution in [2.75, 3.05) is 26.7 Å². The highest BCUT2D eigenvalue weighted by atomic mass is 35.5. The molecule has 2 aromatic carbocycles. The largest absolute Gasteiger partial charge is 0.497 e. The molecule has 0 aliphatic carbocycles. The Morgan fingerprint density at radius 3 is 2.52 bits per heavy atom. The number of hydrogen-bond acceptors (Lipinski definition) is 3. The molecule has 0 aliphatic heterocycles. The van der Waals surface area contributed by atoms with Crippen molar-refractivity contribution in [3.8, 4) is 17.1 Å². The number of aromatic nitrogens is 2. The molecule has 0 N–H and O–H groups in total. The van der Waals surface area contributed by atoms with Gasteiger partial charge in [0, 0.05) is 18.7 Å². The number of halogens is 1. The zero-order valence-corrected chi connectivity index (χ0v) is 15.9. The maximum Gasteiger partial charge on any atom is 0.141 e. The van der Waals surface area contributed by atoms with Crippen LogP contribution in [0, 0.1) is 0 Å². The quantitative estimate of drug-likeness (QED) is 0.623. The summed E-state index contributed by atoms with van der Waals surface area (Å²) in [5.41, 5.74) is 3.31.